The van der Waals surface area contributed by atoms with Crippen molar-refractivity contribution in [3.05, 3.63) is 36.3 Å². The number of aryl methyl sites for hydroxylation is 1. The molecule has 0 spiro atoms. The van der Waals surface area contributed by atoms with Crippen LogP contribution in [0.1, 0.15) is 31.4 Å². The average molecular weight is 465 g/mol. The molecule has 1 saturated carbocycles. The van der Waals surface area contributed by atoms with E-state index in [4.69, 9.17) is 9.97 Å². The molecule has 2 N–H and O–H groups in total. The van der Waals surface area contributed by atoms with Crippen molar-refractivity contribution < 1.29 is 4.79 Å². The summed E-state index contributed by atoms with van der Waals surface area (Å²) in [6.07, 6.45) is 9.54. The van der Waals surface area contributed by atoms with Gasteiger partial charge in [0.2, 0.25) is 12.4 Å². The Morgan fingerprint density at radius 1 is 1.06 bits per heavy atom. The van der Waals surface area contributed by atoms with Crippen molar-refractivity contribution in [2.24, 2.45) is 0 Å². The molecule has 0 radical (unpaired) electrons. The van der Waals surface area contributed by atoms with Gasteiger partial charge in [0.25, 0.3) is 0 Å². The van der Waals surface area contributed by atoms with Gasteiger partial charge in [-0.1, -0.05) is 24.2 Å². The minimum Gasteiger partial charge on any atom is -0.367 e. The first-order valence-corrected chi connectivity index (χ1v) is 12.2. The van der Waals surface area contributed by atoms with Crippen LogP contribution < -0.4 is 15.5 Å². The number of hydrogen-bond donors (Lipinski definition) is 2. The second-order valence-corrected chi connectivity index (χ2v) is 9.48. The van der Waals surface area contributed by atoms with Crippen LogP contribution in [0.25, 0.3) is 10.6 Å². The molecule has 1 saturated heterocycles. The highest BCUT2D eigenvalue weighted by Crippen LogP contribution is 2.33. The first-order valence-electron chi connectivity index (χ1n) is 11.4. The lowest BCUT2D eigenvalue weighted by atomic mass is 10.3. The molecule has 5 rings (SSSR count). The molecule has 33 heavy (non-hydrogen) atoms. The Kier molecular flexibility index (Phi) is 6.34. The standard InChI is InChI=1S/C23H28N8OS/c1-16-21(33-23(26-16)27-17-4-2-3-5-17)19-8-9-24-22(28-19)29-20-7-6-18(14-25-20)31-12-10-30(15-32)11-13-31/h6-9,14-15,17H,2-5,10-13H2,1H3,(H,26,27)(H,24,25,28,29). The van der Waals surface area contributed by atoms with Crippen LogP contribution in [0.4, 0.5) is 22.6 Å². The maximum Gasteiger partial charge on any atom is 0.228 e. The molecule has 1 aliphatic heterocycles. The Morgan fingerprint density at radius 2 is 1.88 bits per heavy atom. The fraction of sp³-hybridized carbons (Fsp3) is 0.435. The number of thiazole rings is 1. The predicted molar refractivity (Wildman–Crippen MR) is 131 cm³/mol. The van der Waals surface area contributed by atoms with Crippen molar-refractivity contribution in [3.8, 4) is 10.6 Å². The molecule has 0 atom stereocenters. The summed E-state index contributed by atoms with van der Waals surface area (Å²) in [5.74, 6) is 1.19. The van der Waals surface area contributed by atoms with Crippen molar-refractivity contribution in [1.82, 2.24) is 24.8 Å². The van der Waals surface area contributed by atoms with Crippen LogP contribution in [0.2, 0.25) is 0 Å². The fourth-order valence-electron chi connectivity index (χ4n) is 4.33. The maximum atomic E-state index is 10.9. The van der Waals surface area contributed by atoms with E-state index in [-0.39, 0.29) is 0 Å². The number of rotatable bonds is 7. The summed E-state index contributed by atoms with van der Waals surface area (Å²) in [6.45, 7) is 5.11. The molecule has 3 aromatic rings. The number of carbonyl (C=O) groups excluding carboxylic acids is 1. The Morgan fingerprint density at radius 3 is 2.61 bits per heavy atom. The molecule has 4 heterocycles. The van der Waals surface area contributed by atoms with E-state index in [0.717, 1.165) is 59.7 Å². The third-order valence-corrected chi connectivity index (χ3v) is 7.29. The van der Waals surface area contributed by atoms with Gasteiger partial charge in [0.15, 0.2) is 5.13 Å². The molecule has 0 bridgehead atoms. The Labute approximate surface area is 197 Å². The molecule has 1 aliphatic carbocycles. The maximum absolute atomic E-state index is 10.9. The van der Waals surface area contributed by atoms with E-state index in [9.17, 15) is 4.79 Å². The SMILES string of the molecule is Cc1nc(NC2CCCC2)sc1-c1ccnc(Nc2ccc(N3CCN(C=O)CC3)cn2)n1. The van der Waals surface area contributed by atoms with Crippen molar-refractivity contribution in [2.75, 3.05) is 41.7 Å². The largest absolute Gasteiger partial charge is 0.367 e. The molecule has 10 heteroatoms. The Bertz CT molecular complexity index is 1090. The Hall–Kier alpha value is -3.27. The zero-order valence-electron chi connectivity index (χ0n) is 18.7. The van der Waals surface area contributed by atoms with Gasteiger partial charge >= 0.3 is 0 Å². The summed E-state index contributed by atoms with van der Waals surface area (Å²) in [4.78, 5) is 34.3. The van der Waals surface area contributed by atoms with Crippen molar-refractivity contribution >= 4 is 40.3 Å². The normalized spacial score (nSPS) is 16.8. The van der Waals surface area contributed by atoms with E-state index < -0.39 is 0 Å². The first-order chi connectivity index (χ1) is 16.2. The topological polar surface area (TPSA) is 99.2 Å². The number of carbonyl (C=O) groups is 1. The molecule has 172 valence electrons. The second kappa shape index (κ2) is 9.70. The van der Waals surface area contributed by atoms with E-state index in [0.29, 0.717) is 17.8 Å². The number of anilines is 4. The van der Waals surface area contributed by atoms with E-state index in [1.165, 1.54) is 25.7 Å². The van der Waals surface area contributed by atoms with E-state index in [1.54, 1.807) is 22.4 Å². The van der Waals surface area contributed by atoms with Gasteiger partial charge in [0.1, 0.15) is 5.82 Å². The fourth-order valence-corrected chi connectivity index (χ4v) is 5.35. The average Bonchev–Trinajstić information content (AvgIpc) is 3.49. The van der Waals surface area contributed by atoms with Crippen LogP contribution >= 0.6 is 11.3 Å². The summed E-state index contributed by atoms with van der Waals surface area (Å²) >= 11 is 1.65. The van der Waals surface area contributed by atoms with Crippen LogP contribution in [0.5, 0.6) is 0 Å². The zero-order valence-corrected chi connectivity index (χ0v) is 19.5. The summed E-state index contributed by atoms with van der Waals surface area (Å²) < 4.78 is 0. The van der Waals surface area contributed by atoms with Gasteiger partial charge in [0.05, 0.1) is 28.1 Å². The summed E-state index contributed by atoms with van der Waals surface area (Å²) in [5, 5.41) is 7.75. The van der Waals surface area contributed by atoms with E-state index in [2.05, 4.69) is 25.5 Å². The number of aromatic nitrogens is 4. The number of nitrogens with zero attached hydrogens (tertiary/aromatic N) is 6. The summed E-state index contributed by atoms with van der Waals surface area (Å²) in [7, 11) is 0. The third-order valence-electron chi connectivity index (χ3n) is 6.18. The molecule has 2 aliphatic rings. The van der Waals surface area contributed by atoms with Crippen LogP contribution in [-0.2, 0) is 4.79 Å². The van der Waals surface area contributed by atoms with E-state index >= 15 is 0 Å². The second-order valence-electron chi connectivity index (χ2n) is 8.48. The van der Waals surface area contributed by atoms with Gasteiger partial charge in [-0.25, -0.2) is 19.9 Å². The molecule has 0 unspecified atom stereocenters. The minimum atomic E-state index is 0.505. The highest BCUT2D eigenvalue weighted by molar-refractivity contribution is 7.19. The van der Waals surface area contributed by atoms with Crippen molar-refractivity contribution in [1.29, 1.82) is 0 Å². The molecule has 3 aromatic heterocycles. The predicted octanol–water partition coefficient (Wildman–Crippen LogP) is 3.68. The van der Waals surface area contributed by atoms with Gasteiger partial charge in [-0.15, -0.1) is 0 Å². The third kappa shape index (κ3) is 5.05. The lowest BCUT2D eigenvalue weighted by Gasteiger charge is -2.33. The van der Waals surface area contributed by atoms with Gasteiger partial charge < -0.3 is 20.4 Å². The van der Waals surface area contributed by atoms with E-state index in [1.807, 2.05) is 31.3 Å². The van der Waals surface area contributed by atoms with Crippen LogP contribution in [0, 0.1) is 6.92 Å². The minimum absolute atomic E-state index is 0.505. The lowest BCUT2D eigenvalue weighted by Crippen LogP contribution is -2.45. The number of piperazine rings is 1. The van der Waals surface area contributed by atoms with Gasteiger partial charge in [-0.2, -0.15) is 0 Å². The molecular formula is C23H28N8OS. The molecule has 1 amide bonds. The molecule has 0 aromatic carbocycles. The number of amides is 1. The van der Waals surface area contributed by atoms with Crippen LogP contribution in [0.15, 0.2) is 30.6 Å². The zero-order chi connectivity index (χ0) is 22.6. The Balaban J connectivity index is 1.25. The summed E-state index contributed by atoms with van der Waals surface area (Å²) in [5.41, 5.74) is 2.87. The van der Waals surface area contributed by atoms with Gasteiger partial charge in [-0.05, 0) is 38.0 Å². The number of pyridine rings is 1. The highest BCUT2D eigenvalue weighted by Gasteiger charge is 2.19. The lowest BCUT2D eigenvalue weighted by molar-refractivity contribution is -0.118. The molecule has 9 nitrogen and oxygen atoms in total. The van der Waals surface area contributed by atoms with Crippen LogP contribution in [0.3, 0.4) is 0 Å². The van der Waals surface area contributed by atoms with Gasteiger partial charge in [0, 0.05) is 38.4 Å². The smallest absolute Gasteiger partial charge is 0.228 e. The monoisotopic (exact) mass is 464 g/mol. The quantitative estimate of drug-likeness (QED) is 0.511. The number of nitrogens with one attached hydrogen (secondary N) is 2. The summed E-state index contributed by atoms with van der Waals surface area (Å²) in [6, 6.07) is 6.41. The van der Waals surface area contributed by atoms with Gasteiger partial charge in [-0.3, -0.25) is 4.79 Å². The van der Waals surface area contributed by atoms with Crippen molar-refractivity contribution in [3.63, 3.8) is 0 Å². The van der Waals surface area contributed by atoms with Crippen LogP contribution in [-0.4, -0.2) is 63.5 Å². The highest BCUT2D eigenvalue weighted by atomic mass is 32.1. The molecule has 2 fully saturated rings. The van der Waals surface area contributed by atoms with Crippen molar-refractivity contribution in [2.45, 2.75) is 38.6 Å². The number of hydrogen-bond acceptors (Lipinski definition) is 9. The first kappa shape index (κ1) is 21.6. The molecular weight excluding hydrogens is 436 g/mol.